The van der Waals surface area contributed by atoms with Crippen LogP contribution in [-0.4, -0.2) is 14.2 Å². The lowest BCUT2D eigenvalue weighted by Gasteiger charge is -2.07. The molecule has 5 rings (SSSR count). The number of carbonyl (C=O) groups excluding carboxylic acids is 1. The van der Waals surface area contributed by atoms with Crippen LogP contribution in [0.25, 0.3) is 10.8 Å². The second-order valence-corrected chi connectivity index (χ2v) is 10.6. The van der Waals surface area contributed by atoms with Gasteiger partial charge in [0.05, 0.1) is 10.6 Å². The molecule has 0 saturated heterocycles. The monoisotopic (exact) mass is 440 g/mol. The van der Waals surface area contributed by atoms with Crippen molar-refractivity contribution in [3.05, 3.63) is 114 Å². The number of ketones is 1. The fourth-order valence-electron chi connectivity index (χ4n) is 4.40. The third kappa shape index (κ3) is 4.37. The van der Waals surface area contributed by atoms with Crippen LogP contribution in [0.1, 0.15) is 29.0 Å². The van der Waals surface area contributed by atoms with E-state index in [-0.39, 0.29) is 23.4 Å². The van der Waals surface area contributed by atoms with Gasteiger partial charge in [0.1, 0.15) is 5.78 Å². The van der Waals surface area contributed by atoms with Crippen LogP contribution in [0.2, 0.25) is 0 Å². The van der Waals surface area contributed by atoms with Gasteiger partial charge in [-0.3, -0.25) is 4.79 Å². The number of sulfone groups is 1. The van der Waals surface area contributed by atoms with Crippen molar-refractivity contribution in [3.8, 4) is 0 Å². The van der Waals surface area contributed by atoms with Crippen molar-refractivity contribution in [1.82, 2.24) is 0 Å². The van der Waals surface area contributed by atoms with Crippen LogP contribution in [0.5, 0.6) is 0 Å². The molecule has 0 spiro atoms. The molecule has 0 bridgehead atoms. The molecule has 4 heteroatoms. The van der Waals surface area contributed by atoms with Gasteiger partial charge in [0.2, 0.25) is 0 Å². The number of hydrogen-bond donors (Lipinski definition) is 0. The first-order valence-corrected chi connectivity index (χ1v) is 12.5. The summed E-state index contributed by atoms with van der Waals surface area (Å²) in [6.07, 6.45) is 1.28. The number of rotatable bonds is 7. The molecule has 0 amide bonds. The summed E-state index contributed by atoms with van der Waals surface area (Å²) >= 11 is 0. The lowest BCUT2D eigenvalue weighted by Crippen LogP contribution is -2.07. The van der Waals surface area contributed by atoms with Gasteiger partial charge in [-0.1, -0.05) is 84.9 Å². The predicted molar refractivity (Wildman–Crippen MR) is 127 cm³/mol. The molecular weight excluding hydrogens is 416 g/mol. The highest BCUT2D eigenvalue weighted by Crippen LogP contribution is 2.48. The van der Waals surface area contributed by atoms with Crippen LogP contribution in [0.15, 0.2) is 102 Å². The largest absolute Gasteiger partial charge is 0.299 e. The van der Waals surface area contributed by atoms with E-state index in [0.717, 1.165) is 28.5 Å². The summed E-state index contributed by atoms with van der Waals surface area (Å²) < 4.78 is 25.4. The molecule has 0 heterocycles. The van der Waals surface area contributed by atoms with Gasteiger partial charge >= 0.3 is 0 Å². The third-order valence-electron chi connectivity index (χ3n) is 6.26. The van der Waals surface area contributed by atoms with Crippen LogP contribution in [-0.2, 0) is 26.8 Å². The fourth-order valence-corrected chi connectivity index (χ4v) is 5.75. The fraction of sp³-hybridized carbons (Fsp3) is 0.179. The van der Waals surface area contributed by atoms with Gasteiger partial charge in [-0.2, -0.15) is 0 Å². The van der Waals surface area contributed by atoms with Crippen LogP contribution < -0.4 is 0 Å². The molecule has 32 heavy (non-hydrogen) atoms. The predicted octanol–water partition coefficient (Wildman–Crippen LogP) is 5.73. The maximum absolute atomic E-state index is 12.8. The molecular formula is C28H24O3S. The van der Waals surface area contributed by atoms with Gasteiger partial charge in [-0.05, 0) is 51.9 Å². The van der Waals surface area contributed by atoms with Crippen molar-refractivity contribution in [1.29, 1.82) is 0 Å². The van der Waals surface area contributed by atoms with Crippen LogP contribution >= 0.6 is 0 Å². The van der Waals surface area contributed by atoms with Gasteiger partial charge in [0.25, 0.3) is 0 Å². The summed E-state index contributed by atoms with van der Waals surface area (Å²) in [5.74, 6) is 0.455. The number of fused-ring (bicyclic) bond motifs is 1. The van der Waals surface area contributed by atoms with E-state index in [1.54, 1.807) is 12.1 Å². The average Bonchev–Trinajstić information content (AvgIpc) is 3.61. The van der Waals surface area contributed by atoms with Crippen LogP contribution in [0.3, 0.4) is 0 Å². The van der Waals surface area contributed by atoms with Gasteiger partial charge in [-0.25, -0.2) is 8.42 Å². The van der Waals surface area contributed by atoms with E-state index >= 15 is 0 Å². The summed E-state index contributed by atoms with van der Waals surface area (Å²) in [4.78, 5) is 13.2. The van der Waals surface area contributed by atoms with E-state index < -0.39 is 9.84 Å². The molecule has 1 saturated carbocycles. The molecule has 4 aromatic rings. The maximum Gasteiger partial charge on any atom is 0.182 e. The number of carbonyl (C=O) groups is 1. The topological polar surface area (TPSA) is 51.2 Å². The first kappa shape index (κ1) is 20.7. The number of benzene rings is 4. The zero-order chi connectivity index (χ0) is 22.1. The van der Waals surface area contributed by atoms with E-state index in [0.29, 0.717) is 11.3 Å². The Bertz CT molecular complexity index is 1370. The SMILES string of the molecule is O=C(Cc1ccc2ccccc2c1)[C@@H]1CC1c1ccc(S(=O)(=O)Cc2ccccc2)cc1. The van der Waals surface area contributed by atoms with Crippen LogP contribution in [0.4, 0.5) is 0 Å². The second-order valence-electron chi connectivity index (χ2n) is 8.59. The molecule has 0 aliphatic heterocycles. The molecule has 2 atom stereocenters. The van der Waals surface area contributed by atoms with Crippen molar-refractivity contribution in [2.24, 2.45) is 5.92 Å². The van der Waals surface area contributed by atoms with Crippen molar-refractivity contribution in [2.75, 3.05) is 0 Å². The molecule has 1 fully saturated rings. The van der Waals surface area contributed by atoms with Gasteiger partial charge in [0, 0.05) is 12.3 Å². The van der Waals surface area contributed by atoms with Crippen LogP contribution in [0, 0.1) is 5.92 Å². The Kier molecular flexibility index (Phi) is 5.40. The quantitative estimate of drug-likeness (QED) is 0.369. The minimum atomic E-state index is -3.39. The molecule has 3 nitrogen and oxygen atoms in total. The second kappa shape index (κ2) is 8.36. The number of Topliss-reactive ketones (excluding diaryl/α,β-unsaturated/α-hetero) is 1. The summed E-state index contributed by atoms with van der Waals surface area (Å²) in [5, 5.41) is 2.33. The minimum absolute atomic E-state index is 0.0104. The first-order valence-electron chi connectivity index (χ1n) is 10.9. The van der Waals surface area contributed by atoms with Crippen molar-refractivity contribution >= 4 is 26.4 Å². The van der Waals surface area contributed by atoms with E-state index in [9.17, 15) is 13.2 Å². The molecule has 4 aromatic carbocycles. The highest BCUT2D eigenvalue weighted by atomic mass is 32.2. The van der Waals surface area contributed by atoms with E-state index in [2.05, 4.69) is 24.3 Å². The zero-order valence-corrected chi connectivity index (χ0v) is 18.5. The summed E-state index contributed by atoms with van der Waals surface area (Å²) in [6, 6.07) is 30.6. The van der Waals surface area contributed by atoms with Gasteiger partial charge in [0.15, 0.2) is 9.84 Å². The third-order valence-corrected chi connectivity index (χ3v) is 7.97. The Balaban J connectivity index is 1.24. The lowest BCUT2D eigenvalue weighted by molar-refractivity contribution is -0.119. The Hall–Kier alpha value is -3.24. The van der Waals surface area contributed by atoms with E-state index in [4.69, 9.17) is 0 Å². The smallest absolute Gasteiger partial charge is 0.182 e. The van der Waals surface area contributed by atoms with Gasteiger partial charge < -0.3 is 0 Å². The summed E-state index contributed by atoms with van der Waals surface area (Å²) in [7, 11) is -3.39. The first-order chi connectivity index (χ1) is 15.5. The number of hydrogen-bond acceptors (Lipinski definition) is 3. The molecule has 1 aliphatic rings. The van der Waals surface area contributed by atoms with E-state index in [1.165, 1.54) is 5.39 Å². The van der Waals surface area contributed by atoms with Crippen molar-refractivity contribution in [3.63, 3.8) is 0 Å². The van der Waals surface area contributed by atoms with Crippen molar-refractivity contribution in [2.45, 2.75) is 29.4 Å². The average molecular weight is 441 g/mol. The zero-order valence-electron chi connectivity index (χ0n) is 17.6. The Morgan fingerprint density at radius 1 is 0.750 bits per heavy atom. The van der Waals surface area contributed by atoms with Gasteiger partial charge in [-0.15, -0.1) is 0 Å². The Morgan fingerprint density at radius 3 is 2.19 bits per heavy atom. The Morgan fingerprint density at radius 2 is 1.44 bits per heavy atom. The molecule has 0 N–H and O–H groups in total. The lowest BCUT2D eigenvalue weighted by atomic mass is 10.00. The molecule has 0 aromatic heterocycles. The normalized spacial score (nSPS) is 17.9. The Labute approximate surface area is 188 Å². The highest BCUT2D eigenvalue weighted by molar-refractivity contribution is 7.90. The molecule has 0 radical (unpaired) electrons. The summed E-state index contributed by atoms with van der Waals surface area (Å²) in [5.41, 5.74) is 2.86. The molecule has 160 valence electrons. The summed E-state index contributed by atoms with van der Waals surface area (Å²) in [6.45, 7) is 0. The van der Waals surface area contributed by atoms with Crippen molar-refractivity contribution < 1.29 is 13.2 Å². The standard InChI is InChI=1S/C28H24O3S/c29-28(17-21-10-11-22-8-4-5-9-24(22)16-21)27-18-26(27)23-12-14-25(15-13-23)32(30,31)19-20-6-2-1-3-7-20/h1-16,26-27H,17-19H2/t26?,27-/m1/s1. The molecule has 1 unspecified atom stereocenters. The maximum atomic E-state index is 12.8. The molecule has 1 aliphatic carbocycles. The van der Waals surface area contributed by atoms with E-state index in [1.807, 2.05) is 60.7 Å². The minimum Gasteiger partial charge on any atom is -0.299 e. The highest BCUT2D eigenvalue weighted by Gasteiger charge is 2.43.